The summed E-state index contributed by atoms with van der Waals surface area (Å²) in [5.41, 5.74) is 2.60. The van der Waals surface area contributed by atoms with E-state index >= 15 is 0 Å². The average Bonchev–Trinajstić information content (AvgIpc) is 3.23. The molecule has 0 fully saturated rings. The summed E-state index contributed by atoms with van der Waals surface area (Å²) in [5, 5.41) is 20.2. The third-order valence-electron chi connectivity index (χ3n) is 8.40. The average molecular weight is 773 g/mol. The van der Waals surface area contributed by atoms with Crippen LogP contribution in [0.25, 0.3) is 0 Å². The second-order valence-corrected chi connectivity index (χ2v) is 11.6. The lowest BCUT2D eigenvalue weighted by Crippen LogP contribution is -2.11. The Kier molecular flexibility index (Phi) is 15.2. The number of benzene rings is 4. The van der Waals surface area contributed by atoms with Gasteiger partial charge in [0.05, 0.1) is 74.6 Å². The molecule has 0 saturated carbocycles. The van der Waals surface area contributed by atoms with Crippen molar-refractivity contribution >= 4 is 11.9 Å². The van der Waals surface area contributed by atoms with Crippen LogP contribution in [-0.4, -0.2) is 92.2 Å². The summed E-state index contributed by atoms with van der Waals surface area (Å²) in [7, 11) is 11.5. The molecule has 0 saturated heterocycles. The van der Waals surface area contributed by atoms with Gasteiger partial charge in [0.25, 0.3) is 0 Å². The van der Waals surface area contributed by atoms with Crippen LogP contribution in [0.2, 0.25) is 0 Å². The van der Waals surface area contributed by atoms with Crippen LogP contribution in [0.4, 0.5) is 0 Å². The third kappa shape index (κ3) is 9.94. The molecule has 296 valence electrons. The lowest BCUT2D eigenvalue weighted by molar-refractivity contribution is 0.0719. The van der Waals surface area contributed by atoms with Gasteiger partial charge in [-0.1, -0.05) is 24.0 Å². The first-order chi connectivity index (χ1) is 27.1. The summed E-state index contributed by atoms with van der Waals surface area (Å²) >= 11 is 0. The van der Waals surface area contributed by atoms with Crippen molar-refractivity contribution in [3.05, 3.63) is 94.1 Å². The number of hydrogen-bond donors (Lipinski definition) is 2. The van der Waals surface area contributed by atoms with Gasteiger partial charge in [0.15, 0.2) is 46.0 Å². The fraction of sp³-hybridized carbons (Fsp3) is 0.286. The summed E-state index contributed by atoms with van der Waals surface area (Å²) in [6.45, 7) is -0.812. The minimum absolute atomic E-state index is 0.123. The molecule has 0 aliphatic rings. The molecule has 0 aliphatic heterocycles. The quantitative estimate of drug-likeness (QED) is 0.0810. The Bertz CT molecular complexity index is 2080. The van der Waals surface area contributed by atoms with Gasteiger partial charge in [-0.25, -0.2) is 9.59 Å². The van der Waals surface area contributed by atoms with E-state index in [2.05, 4.69) is 11.8 Å². The van der Waals surface area contributed by atoms with E-state index in [0.717, 1.165) is 0 Å². The number of esters is 2. The highest BCUT2D eigenvalue weighted by atomic mass is 16.6. The number of hydrogen-bond acceptors (Lipinski definition) is 14. The SMILES string of the molecule is COc1ccc(C/C(C#CCO)=C(\CO)Cc2ccc(OC)c(OC(=O)c3cc(OC)c(OC)c(OC)c3)c2)cc1OC(=O)c1cc(OC)c(OC)c(OC)c1. The Morgan fingerprint density at radius 1 is 0.500 bits per heavy atom. The van der Waals surface area contributed by atoms with Gasteiger partial charge in [-0.3, -0.25) is 0 Å². The number of rotatable bonds is 17. The van der Waals surface area contributed by atoms with Crippen molar-refractivity contribution in [1.82, 2.24) is 0 Å². The van der Waals surface area contributed by atoms with Crippen molar-refractivity contribution in [1.29, 1.82) is 0 Å². The lowest BCUT2D eigenvalue weighted by atomic mass is 9.95. The summed E-state index contributed by atoms with van der Waals surface area (Å²) in [5.74, 6) is 6.74. The van der Waals surface area contributed by atoms with Gasteiger partial charge in [0.1, 0.15) is 6.61 Å². The molecule has 0 spiro atoms. The van der Waals surface area contributed by atoms with E-state index < -0.39 is 18.5 Å². The molecule has 0 bridgehead atoms. The largest absolute Gasteiger partial charge is 0.493 e. The summed E-state index contributed by atoms with van der Waals surface area (Å²) in [6.07, 6.45) is 0.366. The van der Waals surface area contributed by atoms with Gasteiger partial charge in [-0.15, -0.1) is 0 Å². The molecule has 4 rings (SSSR count). The number of methoxy groups -OCH3 is 8. The molecule has 14 nitrogen and oxygen atoms in total. The zero-order valence-electron chi connectivity index (χ0n) is 32.4. The van der Waals surface area contributed by atoms with Crippen molar-refractivity contribution in [2.75, 3.05) is 70.1 Å². The number of ether oxygens (including phenoxy) is 10. The molecular weight excluding hydrogens is 728 g/mol. The second-order valence-electron chi connectivity index (χ2n) is 11.6. The first-order valence-electron chi connectivity index (χ1n) is 16.9. The van der Waals surface area contributed by atoms with Crippen molar-refractivity contribution in [2.24, 2.45) is 0 Å². The van der Waals surface area contributed by atoms with Gasteiger partial charge in [-0.2, -0.15) is 0 Å². The van der Waals surface area contributed by atoms with Crippen molar-refractivity contribution in [3.63, 3.8) is 0 Å². The van der Waals surface area contributed by atoms with Crippen LogP contribution in [0.1, 0.15) is 31.8 Å². The number of carbonyl (C=O) groups excluding carboxylic acids is 2. The smallest absolute Gasteiger partial charge is 0.343 e. The number of allylic oxidation sites excluding steroid dienone is 1. The maximum atomic E-state index is 13.4. The van der Waals surface area contributed by atoms with Gasteiger partial charge in [0, 0.05) is 12.0 Å². The normalized spacial score (nSPS) is 10.9. The van der Waals surface area contributed by atoms with E-state index in [1.165, 1.54) is 81.1 Å². The zero-order chi connectivity index (χ0) is 40.8. The molecule has 0 unspecified atom stereocenters. The van der Waals surface area contributed by atoms with Crippen LogP contribution < -0.4 is 47.4 Å². The Balaban J connectivity index is 1.65. The predicted octanol–water partition coefficient (Wildman–Crippen LogP) is 5.26. The molecule has 56 heavy (non-hydrogen) atoms. The van der Waals surface area contributed by atoms with Crippen molar-refractivity contribution in [2.45, 2.75) is 12.8 Å². The standard InChI is InChI=1S/C42H44O14/c1-47-31-13-11-25(18-33(31)55-41(45)28-20-35(49-3)39(53-7)36(21-28)50-4)16-27(10-9-15-43)30(24-44)17-26-12-14-32(48-2)34(19-26)56-42(46)29-22-37(51-5)40(54-8)38(23-29)52-6/h11-14,18-23,43-44H,15-17,24H2,1-8H3/b30-27-. The first-order valence-corrected chi connectivity index (χ1v) is 16.9. The van der Waals surface area contributed by atoms with E-state index in [1.54, 1.807) is 36.4 Å². The number of carbonyl (C=O) groups is 2. The highest BCUT2D eigenvalue weighted by Gasteiger charge is 2.22. The fourth-order valence-corrected chi connectivity index (χ4v) is 5.65. The first kappa shape index (κ1) is 42.2. The zero-order valence-corrected chi connectivity index (χ0v) is 32.4. The van der Waals surface area contributed by atoms with Crippen LogP contribution >= 0.6 is 0 Å². The number of aliphatic hydroxyl groups excluding tert-OH is 2. The molecule has 0 radical (unpaired) electrons. The lowest BCUT2D eigenvalue weighted by Gasteiger charge is -2.16. The molecule has 0 amide bonds. The monoisotopic (exact) mass is 772 g/mol. The van der Waals surface area contributed by atoms with Crippen molar-refractivity contribution < 1.29 is 67.2 Å². The molecule has 4 aromatic carbocycles. The predicted molar refractivity (Wildman–Crippen MR) is 204 cm³/mol. The van der Waals surface area contributed by atoms with Crippen LogP contribution in [0.5, 0.6) is 57.5 Å². The fourth-order valence-electron chi connectivity index (χ4n) is 5.65. The minimum atomic E-state index is -0.715. The van der Waals surface area contributed by atoms with E-state index in [-0.39, 0.29) is 76.6 Å². The van der Waals surface area contributed by atoms with Gasteiger partial charge < -0.3 is 57.6 Å². The number of aliphatic hydroxyl groups is 2. The maximum Gasteiger partial charge on any atom is 0.343 e. The van der Waals surface area contributed by atoms with Crippen LogP contribution in [-0.2, 0) is 12.8 Å². The molecular formula is C42H44O14. The summed E-state index contributed by atoms with van der Waals surface area (Å²) < 4.78 is 54.7. The maximum absolute atomic E-state index is 13.4. The van der Waals surface area contributed by atoms with Crippen LogP contribution in [0.15, 0.2) is 71.8 Å². The highest BCUT2D eigenvalue weighted by molar-refractivity contribution is 5.94. The topological polar surface area (TPSA) is 167 Å². The van der Waals surface area contributed by atoms with Crippen molar-refractivity contribution in [3.8, 4) is 69.3 Å². The Morgan fingerprint density at radius 2 is 0.893 bits per heavy atom. The van der Waals surface area contributed by atoms with E-state index in [9.17, 15) is 19.8 Å². The Hall–Kier alpha value is -6.56. The van der Waals surface area contributed by atoms with Crippen LogP contribution in [0.3, 0.4) is 0 Å². The van der Waals surface area contributed by atoms with E-state index in [0.29, 0.717) is 33.8 Å². The highest BCUT2D eigenvalue weighted by Crippen LogP contribution is 2.40. The van der Waals surface area contributed by atoms with Crippen LogP contribution in [0, 0.1) is 11.8 Å². The van der Waals surface area contributed by atoms with Gasteiger partial charge in [-0.05, 0) is 71.7 Å². The second kappa shape index (κ2) is 20.2. The van der Waals surface area contributed by atoms with Gasteiger partial charge >= 0.3 is 11.9 Å². The Labute approximate surface area is 325 Å². The molecule has 4 aromatic rings. The molecule has 2 N–H and O–H groups in total. The molecule has 0 aromatic heterocycles. The van der Waals surface area contributed by atoms with E-state index in [1.807, 2.05) is 0 Å². The van der Waals surface area contributed by atoms with E-state index in [4.69, 9.17) is 47.4 Å². The molecule has 0 aliphatic carbocycles. The van der Waals surface area contributed by atoms with Gasteiger partial charge in [0.2, 0.25) is 11.5 Å². The molecule has 0 atom stereocenters. The summed E-state index contributed by atoms with van der Waals surface area (Å²) in [6, 6.07) is 15.9. The molecule has 14 heteroatoms. The summed E-state index contributed by atoms with van der Waals surface area (Å²) in [4.78, 5) is 26.7. The molecule has 0 heterocycles. The Morgan fingerprint density at radius 3 is 1.23 bits per heavy atom. The third-order valence-corrected chi connectivity index (χ3v) is 8.40. The minimum Gasteiger partial charge on any atom is -0.493 e.